The van der Waals surface area contributed by atoms with Crippen LogP contribution < -0.4 is 0 Å². The maximum atomic E-state index is 12.4. The number of aliphatic carboxylic acids is 1. The predicted octanol–water partition coefficient (Wildman–Crippen LogP) is 4.16. The highest BCUT2D eigenvalue weighted by Crippen LogP contribution is 2.45. The molecule has 0 bridgehead atoms. The van der Waals surface area contributed by atoms with Crippen LogP contribution in [0.25, 0.3) is 0 Å². The lowest BCUT2D eigenvalue weighted by Crippen LogP contribution is -2.43. The van der Waals surface area contributed by atoms with Crippen molar-refractivity contribution in [3.8, 4) is 0 Å². The van der Waals surface area contributed by atoms with Crippen molar-refractivity contribution in [2.45, 2.75) is 38.6 Å². The minimum atomic E-state index is -0.880. The Hall–Kier alpha value is -1.26. The average molecular weight is 344 g/mol. The first kappa shape index (κ1) is 17.1. The number of nitrogens with zero attached hydrogens (tertiary/aromatic N) is 1. The Kier molecular flexibility index (Phi) is 5.03. The lowest BCUT2D eigenvalue weighted by Gasteiger charge is -2.38. The second-order valence-corrected chi connectivity index (χ2v) is 6.81. The molecule has 0 saturated heterocycles. The third-order valence-electron chi connectivity index (χ3n) is 4.64. The summed E-state index contributed by atoms with van der Waals surface area (Å²) in [6, 6.07) is 4.90. The Labute approximate surface area is 140 Å². The minimum absolute atomic E-state index is 0.0361. The number of carbonyl (C=O) groups excluding carboxylic acids is 1. The van der Waals surface area contributed by atoms with Crippen molar-refractivity contribution in [1.29, 1.82) is 0 Å². The number of amides is 1. The maximum absolute atomic E-state index is 12.4. The zero-order valence-electron chi connectivity index (χ0n) is 12.6. The van der Waals surface area contributed by atoms with Gasteiger partial charge in [-0.25, -0.2) is 0 Å². The Morgan fingerprint density at radius 2 is 2.00 bits per heavy atom. The zero-order valence-corrected chi connectivity index (χ0v) is 14.1. The van der Waals surface area contributed by atoms with E-state index in [4.69, 9.17) is 23.2 Å². The van der Waals surface area contributed by atoms with Gasteiger partial charge in [-0.1, -0.05) is 35.7 Å². The molecule has 1 aromatic carbocycles. The van der Waals surface area contributed by atoms with Crippen molar-refractivity contribution in [3.63, 3.8) is 0 Å². The summed E-state index contributed by atoms with van der Waals surface area (Å²) < 4.78 is 0. The standard InChI is InChI=1S/C16H19Cl2NO3/c1-10(12-5-4-11(17)8-13(12)18)19(2)14(20)9-16(15(21)22)6-3-7-16/h4-5,8,10H,3,6-7,9H2,1-2H3,(H,21,22). The number of rotatable bonds is 5. The van der Waals surface area contributed by atoms with Crippen LogP contribution in [0.1, 0.15) is 44.2 Å². The van der Waals surface area contributed by atoms with Gasteiger partial charge in [0, 0.05) is 23.5 Å². The third kappa shape index (κ3) is 3.23. The SMILES string of the molecule is CC(c1ccc(Cl)cc1Cl)N(C)C(=O)CC1(C(=O)O)CCC1. The van der Waals surface area contributed by atoms with Crippen LogP contribution in [0.3, 0.4) is 0 Å². The number of carbonyl (C=O) groups is 2. The molecule has 1 aliphatic carbocycles. The van der Waals surface area contributed by atoms with Gasteiger partial charge in [-0.3, -0.25) is 9.59 Å². The molecule has 4 nitrogen and oxygen atoms in total. The van der Waals surface area contributed by atoms with E-state index in [-0.39, 0.29) is 18.4 Å². The third-order valence-corrected chi connectivity index (χ3v) is 5.20. The summed E-state index contributed by atoms with van der Waals surface area (Å²) in [7, 11) is 1.67. The van der Waals surface area contributed by atoms with Crippen LogP contribution in [0.4, 0.5) is 0 Å². The molecule has 0 aliphatic heterocycles. The molecule has 1 amide bonds. The average Bonchev–Trinajstić information content (AvgIpc) is 2.40. The Morgan fingerprint density at radius 1 is 1.36 bits per heavy atom. The molecule has 22 heavy (non-hydrogen) atoms. The summed E-state index contributed by atoms with van der Waals surface area (Å²) in [4.78, 5) is 25.4. The van der Waals surface area contributed by atoms with E-state index in [0.29, 0.717) is 22.9 Å². The fourth-order valence-corrected chi connectivity index (χ4v) is 3.32. The summed E-state index contributed by atoms with van der Waals surface area (Å²) in [5, 5.41) is 10.4. The number of hydrogen-bond acceptors (Lipinski definition) is 2. The second kappa shape index (κ2) is 6.47. The van der Waals surface area contributed by atoms with Gasteiger partial charge >= 0.3 is 5.97 Å². The van der Waals surface area contributed by atoms with E-state index in [1.165, 1.54) is 0 Å². The molecule has 1 fully saturated rings. The number of benzene rings is 1. The number of halogens is 2. The van der Waals surface area contributed by atoms with Crippen molar-refractivity contribution >= 4 is 35.1 Å². The van der Waals surface area contributed by atoms with E-state index in [2.05, 4.69) is 0 Å². The molecule has 6 heteroatoms. The van der Waals surface area contributed by atoms with Crippen LogP contribution in [0.15, 0.2) is 18.2 Å². The van der Waals surface area contributed by atoms with E-state index >= 15 is 0 Å². The monoisotopic (exact) mass is 343 g/mol. The van der Waals surface area contributed by atoms with E-state index < -0.39 is 11.4 Å². The van der Waals surface area contributed by atoms with Gasteiger partial charge in [-0.05, 0) is 37.5 Å². The molecule has 0 spiro atoms. The zero-order chi connectivity index (χ0) is 16.5. The molecule has 2 rings (SSSR count). The van der Waals surface area contributed by atoms with Crippen LogP contribution in [-0.4, -0.2) is 28.9 Å². The Morgan fingerprint density at radius 3 is 2.45 bits per heavy atom. The molecule has 0 aromatic heterocycles. The molecule has 1 atom stereocenters. The van der Waals surface area contributed by atoms with E-state index in [9.17, 15) is 14.7 Å². The summed E-state index contributed by atoms with van der Waals surface area (Å²) in [5.74, 6) is -1.06. The normalized spacial score (nSPS) is 17.5. The van der Waals surface area contributed by atoms with Crippen LogP contribution in [0, 0.1) is 5.41 Å². The fourth-order valence-electron chi connectivity index (χ4n) is 2.75. The lowest BCUT2D eigenvalue weighted by atomic mass is 9.66. The lowest BCUT2D eigenvalue weighted by molar-refractivity contribution is -0.159. The molecular weight excluding hydrogens is 325 g/mol. The van der Waals surface area contributed by atoms with Crippen LogP contribution >= 0.6 is 23.2 Å². The van der Waals surface area contributed by atoms with Gasteiger partial charge in [0.25, 0.3) is 0 Å². The van der Waals surface area contributed by atoms with Crippen molar-refractivity contribution in [1.82, 2.24) is 4.90 Å². The predicted molar refractivity (Wildman–Crippen MR) is 86.2 cm³/mol. The molecule has 1 aromatic rings. The van der Waals surface area contributed by atoms with Gasteiger partial charge in [0.2, 0.25) is 5.91 Å². The van der Waals surface area contributed by atoms with E-state index in [1.807, 2.05) is 6.92 Å². The van der Waals surface area contributed by atoms with Crippen molar-refractivity contribution < 1.29 is 14.7 Å². The quantitative estimate of drug-likeness (QED) is 0.873. The minimum Gasteiger partial charge on any atom is -0.481 e. The van der Waals surface area contributed by atoms with Gasteiger partial charge in [0.1, 0.15) is 0 Å². The maximum Gasteiger partial charge on any atom is 0.310 e. The summed E-state index contributed by atoms with van der Waals surface area (Å²) in [6.45, 7) is 1.86. The van der Waals surface area contributed by atoms with Gasteiger partial charge in [0.05, 0.1) is 11.5 Å². The Balaban J connectivity index is 2.11. The summed E-state index contributed by atoms with van der Waals surface area (Å²) in [6.07, 6.45) is 2.03. The molecule has 1 unspecified atom stereocenters. The Bertz CT molecular complexity index is 599. The summed E-state index contributed by atoms with van der Waals surface area (Å²) in [5.41, 5.74) is -0.0885. The fraction of sp³-hybridized carbons (Fsp3) is 0.500. The molecule has 120 valence electrons. The van der Waals surface area contributed by atoms with Crippen molar-refractivity contribution in [2.24, 2.45) is 5.41 Å². The molecule has 1 saturated carbocycles. The highest BCUT2D eigenvalue weighted by Gasteiger charge is 2.46. The number of hydrogen-bond donors (Lipinski definition) is 1. The van der Waals surface area contributed by atoms with Gasteiger partial charge < -0.3 is 10.0 Å². The topological polar surface area (TPSA) is 57.6 Å². The van der Waals surface area contributed by atoms with Crippen LogP contribution in [-0.2, 0) is 9.59 Å². The summed E-state index contributed by atoms with van der Waals surface area (Å²) >= 11 is 12.1. The molecule has 0 radical (unpaired) electrons. The molecule has 0 heterocycles. The van der Waals surface area contributed by atoms with Crippen LogP contribution in [0.5, 0.6) is 0 Å². The first-order valence-corrected chi connectivity index (χ1v) is 7.96. The van der Waals surface area contributed by atoms with E-state index in [0.717, 1.165) is 12.0 Å². The first-order chi connectivity index (χ1) is 10.3. The largest absolute Gasteiger partial charge is 0.481 e. The second-order valence-electron chi connectivity index (χ2n) is 5.96. The number of carboxylic acid groups (broad SMARTS) is 1. The molecule has 1 N–H and O–H groups in total. The van der Waals surface area contributed by atoms with Gasteiger partial charge in [-0.2, -0.15) is 0 Å². The van der Waals surface area contributed by atoms with E-state index in [1.54, 1.807) is 30.1 Å². The van der Waals surface area contributed by atoms with Gasteiger partial charge in [0.15, 0.2) is 0 Å². The van der Waals surface area contributed by atoms with Gasteiger partial charge in [-0.15, -0.1) is 0 Å². The highest BCUT2D eigenvalue weighted by atomic mass is 35.5. The first-order valence-electron chi connectivity index (χ1n) is 7.21. The molecular formula is C16H19Cl2NO3. The van der Waals surface area contributed by atoms with Crippen LogP contribution in [0.2, 0.25) is 10.0 Å². The highest BCUT2D eigenvalue weighted by molar-refractivity contribution is 6.35. The smallest absolute Gasteiger partial charge is 0.310 e. The van der Waals surface area contributed by atoms with Crippen molar-refractivity contribution in [3.05, 3.63) is 33.8 Å². The molecule has 1 aliphatic rings. The van der Waals surface area contributed by atoms with Crippen molar-refractivity contribution in [2.75, 3.05) is 7.05 Å². The number of carboxylic acids is 1.